The van der Waals surface area contributed by atoms with Crippen LogP contribution in [0.5, 0.6) is 0 Å². The molecule has 25 heavy (non-hydrogen) atoms. The van der Waals surface area contributed by atoms with Crippen molar-refractivity contribution in [2.75, 3.05) is 18.8 Å². The smallest absolute Gasteiger partial charge is 0.222 e. The number of hydrogen-bond acceptors (Lipinski definition) is 6. The maximum atomic E-state index is 12.4. The van der Waals surface area contributed by atoms with Gasteiger partial charge in [-0.15, -0.1) is 0 Å². The predicted octanol–water partition coefficient (Wildman–Crippen LogP) is 1.30. The van der Waals surface area contributed by atoms with E-state index in [1.54, 1.807) is 23.4 Å². The minimum Gasteiger partial charge on any atom is -0.382 e. The van der Waals surface area contributed by atoms with Crippen molar-refractivity contribution >= 4 is 11.7 Å². The molecular weight excluding hydrogens is 318 g/mol. The molecule has 0 radical (unpaired) electrons. The Morgan fingerprint density at radius 1 is 1.24 bits per heavy atom. The molecule has 2 aromatic rings. The van der Waals surface area contributed by atoms with Gasteiger partial charge in [-0.2, -0.15) is 5.10 Å². The Morgan fingerprint density at radius 2 is 2.16 bits per heavy atom. The van der Waals surface area contributed by atoms with Crippen molar-refractivity contribution in [1.82, 2.24) is 29.6 Å². The highest BCUT2D eigenvalue weighted by molar-refractivity contribution is 5.76. The van der Waals surface area contributed by atoms with E-state index in [4.69, 9.17) is 5.73 Å². The number of carbonyl (C=O) groups is 1. The predicted molar refractivity (Wildman–Crippen MR) is 93.3 cm³/mol. The number of nitrogens with two attached hydrogens (primary N) is 1. The molecule has 2 aromatic heterocycles. The molecular formula is C17H25N7O. The second kappa shape index (κ2) is 8.55. The van der Waals surface area contributed by atoms with E-state index < -0.39 is 0 Å². The van der Waals surface area contributed by atoms with E-state index in [0.717, 1.165) is 57.4 Å². The minimum absolute atomic E-state index is 0.244. The molecule has 3 rings (SSSR count). The highest BCUT2D eigenvalue weighted by Gasteiger charge is 2.21. The van der Waals surface area contributed by atoms with Gasteiger partial charge in [-0.25, -0.2) is 9.97 Å². The summed E-state index contributed by atoms with van der Waals surface area (Å²) in [6, 6.07) is 0. The van der Waals surface area contributed by atoms with Crippen LogP contribution < -0.4 is 5.73 Å². The van der Waals surface area contributed by atoms with Crippen LogP contribution in [0, 0.1) is 5.92 Å². The van der Waals surface area contributed by atoms with Crippen molar-refractivity contribution < 1.29 is 4.79 Å². The van der Waals surface area contributed by atoms with E-state index in [-0.39, 0.29) is 5.91 Å². The molecule has 0 bridgehead atoms. The number of anilines is 1. The third kappa shape index (κ3) is 5.23. The van der Waals surface area contributed by atoms with Gasteiger partial charge in [-0.1, -0.05) is 0 Å². The van der Waals surface area contributed by atoms with Crippen LogP contribution in [0.25, 0.3) is 0 Å². The molecule has 8 heteroatoms. The quantitative estimate of drug-likeness (QED) is 0.848. The average molecular weight is 343 g/mol. The summed E-state index contributed by atoms with van der Waals surface area (Å²) < 4.78 is 1.76. The molecule has 2 N–H and O–H groups in total. The fraction of sp³-hybridized carbons (Fsp3) is 0.588. The lowest BCUT2D eigenvalue weighted by Gasteiger charge is -2.20. The first-order valence-corrected chi connectivity index (χ1v) is 8.87. The number of aromatic nitrogens is 5. The minimum atomic E-state index is 0.244. The van der Waals surface area contributed by atoms with Crippen molar-refractivity contribution in [1.29, 1.82) is 0 Å². The van der Waals surface area contributed by atoms with E-state index in [9.17, 15) is 4.79 Å². The molecule has 1 aliphatic heterocycles. The lowest BCUT2D eigenvalue weighted by Crippen LogP contribution is -2.32. The Bertz CT molecular complexity index is 656. The standard InChI is InChI=1S/C17H25N7O/c18-16-11-20-15(10-21-16)9-14-3-1-6-23(8-5-14)17(25)4-2-7-24-13-19-12-22-24/h10-14H,1-9H2,(H2,18,21)/t14-/m1/s1. The Balaban J connectivity index is 1.42. The van der Waals surface area contributed by atoms with Crippen molar-refractivity contribution in [2.24, 2.45) is 5.92 Å². The summed E-state index contributed by atoms with van der Waals surface area (Å²) in [6.07, 6.45) is 12.0. The van der Waals surface area contributed by atoms with Crippen molar-refractivity contribution in [3.8, 4) is 0 Å². The zero-order valence-electron chi connectivity index (χ0n) is 14.4. The summed E-state index contributed by atoms with van der Waals surface area (Å²) in [5.41, 5.74) is 6.56. The SMILES string of the molecule is Nc1cnc(C[C@@H]2CCCN(C(=O)CCCn3cncn3)CC2)cn1. The largest absolute Gasteiger partial charge is 0.382 e. The highest BCUT2D eigenvalue weighted by atomic mass is 16.2. The van der Waals surface area contributed by atoms with E-state index in [0.29, 0.717) is 18.2 Å². The fourth-order valence-corrected chi connectivity index (χ4v) is 3.28. The molecule has 0 saturated carbocycles. The van der Waals surface area contributed by atoms with E-state index in [1.807, 2.05) is 4.90 Å². The number of aryl methyl sites for hydroxylation is 1. The number of nitrogen functional groups attached to an aromatic ring is 1. The zero-order valence-corrected chi connectivity index (χ0v) is 14.4. The normalized spacial score (nSPS) is 18.1. The summed E-state index contributed by atoms with van der Waals surface area (Å²) >= 11 is 0. The fourth-order valence-electron chi connectivity index (χ4n) is 3.28. The molecule has 1 amide bonds. The molecule has 8 nitrogen and oxygen atoms in total. The summed E-state index contributed by atoms with van der Waals surface area (Å²) in [4.78, 5) is 26.8. The van der Waals surface area contributed by atoms with Gasteiger partial charge < -0.3 is 10.6 Å². The maximum absolute atomic E-state index is 12.4. The summed E-state index contributed by atoms with van der Waals surface area (Å²) in [6.45, 7) is 2.42. The van der Waals surface area contributed by atoms with Crippen LogP contribution in [0.15, 0.2) is 25.0 Å². The topological polar surface area (TPSA) is 103 Å². The lowest BCUT2D eigenvalue weighted by molar-refractivity contribution is -0.131. The molecule has 1 aliphatic rings. The van der Waals surface area contributed by atoms with Gasteiger partial charge in [-0.3, -0.25) is 14.5 Å². The van der Waals surface area contributed by atoms with E-state index >= 15 is 0 Å². The monoisotopic (exact) mass is 343 g/mol. The second-order valence-corrected chi connectivity index (χ2v) is 6.58. The Morgan fingerprint density at radius 3 is 2.92 bits per heavy atom. The van der Waals surface area contributed by atoms with Gasteiger partial charge in [0.25, 0.3) is 0 Å². The Hall–Kier alpha value is -2.51. The third-order valence-electron chi connectivity index (χ3n) is 4.67. The zero-order chi connectivity index (χ0) is 17.5. The van der Waals surface area contributed by atoms with Crippen LogP contribution >= 0.6 is 0 Å². The number of nitrogens with zero attached hydrogens (tertiary/aromatic N) is 6. The number of likely N-dealkylation sites (tertiary alicyclic amines) is 1. The van der Waals surface area contributed by atoms with Gasteiger partial charge in [-0.05, 0) is 38.0 Å². The molecule has 1 saturated heterocycles. The number of amides is 1. The van der Waals surface area contributed by atoms with Gasteiger partial charge >= 0.3 is 0 Å². The van der Waals surface area contributed by atoms with Crippen molar-refractivity contribution in [3.05, 3.63) is 30.7 Å². The third-order valence-corrected chi connectivity index (χ3v) is 4.67. The molecule has 3 heterocycles. The molecule has 134 valence electrons. The Kier molecular flexibility index (Phi) is 5.92. The van der Waals surface area contributed by atoms with Crippen LogP contribution in [0.3, 0.4) is 0 Å². The van der Waals surface area contributed by atoms with Crippen LogP contribution in [0.4, 0.5) is 5.82 Å². The Labute approximate surface area is 147 Å². The van der Waals surface area contributed by atoms with Crippen LogP contribution in [-0.4, -0.2) is 48.6 Å². The highest BCUT2D eigenvalue weighted by Crippen LogP contribution is 2.21. The summed E-state index contributed by atoms with van der Waals surface area (Å²) in [7, 11) is 0. The maximum Gasteiger partial charge on any atom is 0.222 e. The first-order valence-electron chi connectivity index (χ1n) is 8.87. The summed E-state index contributed by atoms with van der Waals surface area (Å²) in [5, 5.41) is 4.06. The molecule has 1 atom stereocenters. The van der Waals surface area contributed by atoms with Crippen LogP contribution in [0.2, 0.25) is 0 Å². The van der Waals surface area contributed by atoms with E-state index in [1.165, 1.54) is 6.33 Å². The second-order valence-electron chi connectivity index (χ2n) is 6.58. The van der Waals surface area contributed by atoms with Crippen LogP contribution in [0.1, 0.15) is 37.8 Å². The first kappa shape index (κ1) is 17.3. The van der Waals surface area contributed by atoms with Gasteiger partial charge in [0.1, 0.15) is 18.5 Å². The molecule has 0 aliphatic carbocycles. The number of carbonyl (C=O) groups excluding carboxylic acids is 1. The van der Waals surface area contributed by atoms with Crippen molar-refractivity contribution in [3.63, 3.8) is 0 Å². The number of rotatable bonds is 6. The number of hydrogen-bond donors (Lipinski definition) is 1. The molecule has 0 spiro atoms. The molecule has 0 unspecified atom stereocenters. The average Bonchev–Trinajstić information content (AvgIpc) is 3.02. The molecule has 1 fully saturated rings. The lowest BCUT2D eigenvalue weighted by atomic mass is 9.95. The van der Waals surface area contributed by atoms with Gasteiger partial charge in [0.15, 0.2) is 0 Å². The van der Waals surface area contributed by atoms with Gasteiger partial charge in [0.05, 0.1) is 18.1 Å². The summed E-state index contributed by atoms with van der Waals surface area (Å²) in [5.74, 6) is 1.24. The van der Waals surface area contributed by atoms with Gasteiger partial charge in [0, 0.05) is 26.1 Å². The van der Waals surface area contributed by atoms with Gasteiger partial charge in [0.2, 0.25) is 5.91 Å². The molecule has 0 aromatic carbocycles. The van der Waals surface area contributed by atoms with Crippen molar-refractivity contribution in [2.45, 2.75) is 45.1 Å². The van der Waals surface area contributed by atoms with E-state index in [2.05, 4.69) is 20.1 Å². The first-order chi connectivity index (χ1) is 12.2. The van der Waals surface area contributed by atoms with Crippen LogP contribution in [-0.2, 0) is 17.8 Å².